The zero-order chi connectivity index (χ0) is 23.1. The molecule has 0 unspecified atom stereocenters. The van der Waals surface area contributed by atoms with Crippen molar-refractivity contribution in [1.82, 2.24) is 14.8 Å². The number of aromatic carboxylic acids is 1. The maximum absolute atomic E-state index is 12.3. The lowest BCUT2D eigenvalue weighted by molar-refractivity contribution is -0.113. The lowest BCUT2D eigenvalue weighted by atomic mass is 10.2. The Bertz CT molecular complexity index is 1100. The number of carbonyl (C=O) groups is 2. The van der Waals surface area contributed by atoms with E-state index in [0.29, 0.717) is 34.7 Å². The maximum Gasteiger partial charge on any atom is 0.335 e. The van der Waals surface area contributed by atoms with Crippen LogP contribution in [0.2, 0.25) is 0 Å². The molecule has 1 aromatic heterocycles. The third-order valence-corrected chi connectivity index (χ3v) is 5.50. The Kier molecular flexibility index (Phi) is 7.72. The summed E-state index contributed by atoms with van der Waals surface area (Å²) < 4.78 is 13.1. The Morgan fingerprint density at radius 3 is 2.53 bits per heavy atom. The first kappa shape index (κ1) is 23.1. The summed E-state index contributed by atoms with van der Waals surface area (Å²) in [5, 5.41) is 20.7. The molecule has 2 N–H and O–H groups in total. The van der Waals surface area contributed by atoms with Gasteiger partial charge in [-0.25, -0.2) is 4.79 Å². The van der Waals surface area contributed by atoms with Gasteiger partial charge in [0, 0.05) is 12.2 Å². The summed E-state index contributed by atoms with van der Waals surface area (Å²) in [6, 6.07) is 11.7. The largest absolute Gasteiger partial charge is 0.493 e. The number of amides is 1. The fraction of sp³-hybridized carbons (Fsp3) is 0.273. The minimum Gasteiger partial charge on any atom is -0.493 e. The van der Waals surface area contributed by atoms with Crippen LogP contribution in [0.15, 0.2) is 47.6 Å². The summed E-state index contributed by atoms with van der Waals surface area (Å²) in [5.74, 6) is 0.790. The van der Waals surface area contributed by atoms with Gasteiger partial charge in [0.15, 0.2) is 22.5 Å². The number of carbonyl (C=O) groups excluding carboxylic acids is 1. The van der Waals surface area contributed by atoms with E-state index < -0.39 is 5.97 Å². The van der Waals surface area contributed by atoms with Gasteiger partial charge in [-0.1, -0.05) is 17.8 Å². The van der Waals surface area contributed by atoms with Gasteiger partial charge in [-0.05, 0) is 55.8 Å². The van der Waals surface area contributed by atoms with Gasteiger partial charge in [0.1, 0.15) is 6.61 Å². The van der Waals surface area contributed by atoms with E-state index in [4.69, 9.17) is 14.6 Å². The number of aryl methyl sites for hydroxylation is 1. The highest BCUT2D eigenvalue weighted by Crippen LogP contribution is 2.28. The summed E-state index contributed by atoms with van der Waals surface area (Å²) in [6.07, 6.45) is 0. The molecule has 0 aliphatic carbocycles. The first-order valence-corrected chi connectivity index (χ1v) is 10.8. The van der Waals surface area contributed by atoms with E-state index in [0.717, 1.165) is 5.56 Å². The van der Waals surface area contributed by atoms with Crippen LogP contribution in [0.4, 0.5) is 5.69 Å². The highest BCUT2D eigenvalue weighted by Gasteiger charge is 2.15. The molecule has 0 aliphatic heterocycles. The minimum atomic E-state index is -1.02. The molecule has 0 fully saturated rings. The van der Waals surface area contributed by atoms with Crippen LogP contribution in [0.25, 0.3) is 0 Å². The van der Waals surface area contributed by atoms with Crippen molar-refractivity contribution >= 4 is 29.3 Å². The molecule has 0 bridgehead atoms. The van der Waals surface area contributed by atoms with Gasteiger partial charge in [0.05, 0.1) is 18.4 Å². The molecule has 0 spiro atoms. The quantitative estimate of drug-likeness (QED) is 0.445. The zero-order valence-electron chi connectivity index (χ0n) is 18.0. The van der Waals surface area contributed by atoms with Crippen molar-refractivity contribution in [1.29, 1.82) is 0 Å². The van der Waals surface area contributed by atoms with E-state index in [1.54, 1.807) is 19.2 Å². The van der Waals surface area contributed by atoms with Gasteiger partial charge in [-0.15, -0.1) is 10.2 Å². The number of carboxylic acids is 1. The Hall–Kier alpha value is -3.53. The molecular formula is C22H24N4O5S. The number of anilines is 1. The van der Waals surface area contributed by atoms with E-state index in [1.807, 2.05) is 36.6 Å². The molecule has 9 nitrogen and oxygen atoms in total. The van der Waals surface area contributed by atoms with Crippen LogP contribution in [0.5, 0.6) is 11.5 Å². The molecule has 0 atom stereocenters. The number of aromatic nitrogens is 3. The fourth-order valence-electron chi connectivity index (χ4n) is 2.91. The van der Waals surface area contributed by atoms with Crippen molar-refractivity contribution in [3.63, 3.8) is 0 Å². The maximum atomic E-state index is 12.3. The third-order valence-electron chi connectivity index (χ3n) is 4.53. The highest BCUT2D eigenvalue weighted by atomic mass is 32.2. The first-order chi connectivity index (χ1) is 15.4. The van der Waals surface area contributed by atoms with Crippen molar-refractivity contribution in [2.24, 2.45) is 0 Å². The number of nitrogens with zero attached hydrogens (tertiary/aromatic N) is 3. The summed E-state index contributed by atoms with van der Waals surface area (Å²) in [4.78, 5) is 23.2. The normalized spacial score (nSPS) is 10.6. The minimum absolute atomic E-state index is 0.130. The van der Waals surface area contributed by atoms with Crippen LogP contribution in [-0.2, 0) is 17.9 Å². The van der Waals surface area contributed by atoms with Crippen molar-refractivity contribution in [3.05, 3.63) is 59.4 Å². The first-order valence-electron chi connectivity index (χ1n) is 9.86. The number of ether oxygens (including phenoxy) is 2. The van der Waals surface area contributed by atoms with E-state index in [1.165, 1.54) is 23.9 Å². The molecule has 0 saturated heterocycles. The molecule has 3 aromatic rings. The van der Waals surface area contributed by atoms with Gasteiger partial charge in [0.25, 0.3) is 0 Å². The summed E-state index contributed by atoms with van der Waals surface area (Å²) in [6.45, 7) is 4.78. The van der Waals surface area contributed by atoms with Gasteiger partial charge >= 0.3 is 5.97 Å². The smallest absolute Gasteiger partial charge is 0.335 e. The summed E-state index contributed by atoms with van der Waals surface area (Å²) >= 11 is 1.26. The standard InChI is InChI=1S/C22H24N4O5S/c1-4-26-19(12-31-17-10-5-14(2)11-18(17)30-3)24-25-22(26)32-13-20(27)23-16-8-6-15(7-9-16)21(28)29/h5-11H,4,12-13H2,1-3H3,(H,23,27)(H,28,29). The van der Waals surface area contributed by atoms with E-state index in [9.17, 15) is 9.59 Å². The van der Waals surface area contributed by atoms with Crippen LogP contribution in [0.1, 0.15) is 28.7 Å². The molecule has 0 aliphatic rings. The number of hydrogen-bond donors (Lipinski definition) is 2. The predicted molar refractivity (Wildman–Crippen MR) is 121 cm³/mol. The molecule has 3 rings (SSSR count). The number of thioether (sulfide) groups is 1. The Balaban J connectivity index is 1.58. The van der Waals surface area contributed by atoms with Gasteiger partial charge < -0.3 is 24.5 Å². The third kappa shape index (κ3) is 5.79. The molecule has 32 heavy (non-hydrogen) atoms. The zero-order valence-corrected chi connectivity index (χ0v) is 18.8. The van der Waals surface area contributed by atoms with Crippen LogP contribution >= 0.6 is 11.8 Å². The van der Waals surface area contributed by atoms with E-state index in [-0.39, 0.29) is 23.8 Å². The topological polar surface area (TPSA) is 116 Å². The number of hydrogen-bond acceptors (Lipinski definition) is 7. The monoisotopic (exact) mass is 456 g/mol. The van der Waals surface area contributed by atoms with E-state index >= 15 is 0 Å². The lowest BCUT2D eigenvalue weighted by Crippen LogP contribution is -2.15. The highest BCUT2D eigenvalue weighted by molar-refractivity contribution is 7.99. The molecule has 1 amide bonds. The number of benzene rings is 2. The van der Waals surface area contributed by atoms with Crippen molar-refractivity contribution in [2.75, 3.05) is 18.2 Å². The van der Waals surface area contributed by atoms with Crippen molar-refractivity contribution in [3.8, 4) is 11.5 Å². The predicted octanol–water partition coefficient (Wildman–Crippen LogP) is 3.62. The second-order valence-electron chi connectivity index (χ2n) is 6.81. The average Bonchev–Trinajstić information content (AvgIpc) is 3.18. The van der Waals surface area contributed by atoms with Gasteiger partial charge in [-0.3, -0.25) is 4.79 Å². The number of rotatable bonds is 10. The number of carboxylic acid groups (broad SMARTS) is 1. The molecule has 2 aromatic carbocycles. The number of nitrogens with one attached hydrogen (secondary N) is 1. The average molecular weight is 457 g/mol. The van der Waals surface area contributed by atoms with Crippen LogP contribution < -0.4 is 14.8 Å². The van der Waals surface area contributed by atoms with Gasteiger partial charge in [0.2, 0.25) is 5.91 Å². The van der Waals surface area contributed by atoms with Crippen molar-refractivity contribution < 1.29 is 24.2 Å². The molecule has 10 heteroatoms. The second kappa shape index (κ2) is 10.7. The van der Waals surface area contributed by atoms with Crippen molar-refractivity contribution in [2.45, 2.75) is 32.2 Å². The van der Waals surface area contributed by atoms with Crippen LogP contribution in [0, 0.1) is 6.92 Å². The molecule has 0 saturated carbocycles. The molecule has 168 valence electrons. The van der Waals surface area contributed by atoms with Gasteiger partial charge in [-0.2, -0.15) is 0 Å². The van der Waals surface area contributed by atoms with Crippen LogP contribution in [-0.4, -0.2) is 44.6 Å². The lowest BCUT2D eigenvalue weighted by Gasteiger charge is -2.12. The molecule has 1 heterocycles. The van der Waals surface area contributed by atoms with E-state index in [2.05, 4.69) is 15.5 Å². The SMILES string of the molecule is CCn1c(COc2ccc(C)cc2OC)nnc1SCC(=O)Nc1ccc(C(=O)O)cc1. The van der Waals surface area contributed by atoms with Crippen LogP contribution in [0.3, 0.4) is 0 Å². The molecular weight excluding hydrogens is 432 g/mol. The Morgan fingerprint density at radius 2 is 1.88 bits per heavy atom. The summed E-state index contributed by atoms with van der Waals surface area (Å²) in [7, 11) is 1.59. The molecule has 0 radical (unpaired) electrons. The fourth-order valence-corrected chi connectivity index (χ4v) is 3.73. The second-order valence-corrected chi connectivity index (χ2v) is 7.75. The Labute approximate surface area is 189 Å². The summed E-state index contributed by atoms with van der Waals surface area (Å²) in [5.41, 5.74) is 1.76. The number of methoxy groups -OCH3 is 1. The Morgan fingerprint density at radius 1 is 1.12 bits per heavy atom.